The van der Waals surface area contributed by atoms with E-state index in [1.54, 1.807) is 0 Å². The van der Waals surface area contributed by atoms with Crippen LogP contribution in [0.25, 0.3) is 0 Å². The lowest BCUT2D eigenvalue weighted by Gasteiger charge is -1.99. The summed E-state index contributed by atoms with van der Waals surface area (Å²) in [6.07, 6.45) is 3.19. The zero-order valence-electron chi connectivity index (χ0n) is 5.52. The molecule has 0 atom stereocenters. The molecule has 0 aliphatic carbocycles. The smallest absolute Gasteiger partial charge is 0.286 e. The maximum absolute atomic E-state index is 10.5. The molecule has 1 rings (SSSR count). The summed E-state index contributed by atoms with van der Waals surface area (Å²) in [6.45, 7) is 0. The van der Waals surface area contributed by atoms with Crippen LogP contribution in [0.3, 0.4) is 0 Å². The van der Waals surface area contributed by atoms with Gasteiger partial charge < -0.3 is 5.73 Å². The van der Waals surface area contributed by atoms with Crippen molar-refractivity contribution < 1.29 is 9.59 Å². The van der Waals surface area contributed by atoms with Crippen LogP contribution in [0.5, 0.6) is 0 Å². The van der Waals surface area contributed by atoms with Crippen molar-refractivity contribution >= 4 is 12.3 Å². The standard InChI is InChI=1S/C5H6N4O2/c6-4(11)5-7-1-2-9(5)8-3-10/h1-3H,(H2,6,11)(H,8,10). The minimum Gasteiger partial charge on any atom is -0.363 e. The molecule has 1 aromatic rings. The molecule has 58 valence electrons. The molecule has 2 amide bonds. The maximum atomic E-state index is 10.5. The third kappa shape index (κ3) is 1.34. The molecule has 0 saturated carbocycles. The molecule has 0 saturated heterocycles. The van der Waals surface area contributed by atoms with Crippen molar-refractivity contribution in [3.05, 3.63) is 18.2 Å². The van der Waals surface area contributed by atoms with Gasteiger partial charge in [0.2, 0.25) is 12.2 Å². The van der Waals surface area contributed by atoms with Gasteiger partial charge in [0.1, 0.15) is 0 Å². The molecule has 0 aliphatic heterocycles. The zero-order chi connectivity index (χ0) is 8.27. The number of nitrogens with two attached hydrogens (primary N) is 1. The fraction of sp³-hybridized carbons (Fsp3) is 0. The number of primary amides is 1. The van der Waals surface area contributed by atoms with Gasteiger partial charge in [0, 0.05) is 12.4 Å². The summed E-state index contributed by atoms with van der Waals surface area (Å²) in [4.78, 5) is 24.1. The van der Waals surface area contributed by atoms with Crippen LogP contribution in [-0.4, -0.2) is 22.0 Å². The first-order chi connectivity index (χ1) is 5.25. The molecule has 0 aliphatic rings. The molecular weight excluding hydrogens is 148 g/mol. The van der Waals surface area contributed by atoms with Crippen molar-refractivity contribution in [3.63, 3.8) is 0 Å². The lowest BCUT2D eigenvalue weighted by molar-refractivity contribution is -0.106. The van der Waals surface area contributed by atoms with Crippen LogP contribution in [0.4, 0.5) is 0 Å². The monoisotopic (exact) mass is 154 g/mol. The fourth-order valence-electron chi connectivity index (χ4n) is 0.647. The maximum Gasteiger partial charge on any atom is 0.286 e. The topological polar surface area (TPSA) is 90.0 Å². The molecule has 6 heteroatoms. The molecule has 0 radical (unpaired) electrons. The number of nitrogens with one attached hydrogen (secondary N) is 1. The summed E-state index contributed by atoms with van der Waals surface area (Å²) in [5.74, 6) is -0.693. The highest BCUT2D eigenvalue weighted by Crippen LogP contribution is 1.90. The first-order valence-electron chi connectivity index (χ1n) is 2.79. The van der Waals surface area contributed by atoms with Crippen LogP contribution in [0.15, 0.2) is 12.4 Å². The summed E-state index contributed by atoms with van der Waals surface area (Å²) < 4.78 is 1.13. The number of aromatic nitrogens is 2. The van der Waals surface area contributed by atoms with Gasteiger partial charge >= 0.3 is 0 Å². The lowest BCUT2D eigenvalue weighted by atomic mass is 10.6. The third-order valence-electron chi connectivity index (χ3n) is 1.05. The summed E-state index contributed by atoms with van der Waals surface area (Å²) in [5.41, 5.74) is 7.12. The van der Waals surface area contributed by atoms with Crippen molar-refractivity contribution in [2.75, 3.05) is 5.43 Å². The Bertz CT molecular complexity index is 280. The van der Waals surface area contributed by atoms with Gasteiger partial charge in [-0.15, -0.1) is 0 Å². The highest BCUT2D eigenvalue weighted by atomic mass is 16.2. The fourth-order valence-corrected chi connectivity index (χ4v) is 0.647. The average Bonchev–Trinajstić information content (AvgIpc) is 2.36. The normalized spacial score (nSPS) is 9.09. The molecule has 0 spiro atoms. The molecule has 0 aromatic carbocycles. The van der Waals surface area contributed by atoms with Crippen molar-refractivity contribution in [1.29, 1.82) is 0 Å². The molecule has 11 heavy (non-hydrogen) atoms. The Labute approximate surface area is 62.0 Å². The second kappa shape index (κ2) is 2.82. The van der Waals surface area contributed by atoms with E-state index >= 15 is 0 Å². The van der Waals surface area contributed by atoms with E-state index in [1.807, 2.05) is 0 Å². The molecule has 0 bridgehead atoms. The lowest BCUT2D eigenvalue weighted by Crippen LogP contribution is -2.23. The number of hydrogen-bond donors (Lipinski definition) is 2. The van der Waals surface area contributed by atoms with Crippen molar-refractivity contribution in [2.45, 2.75) is 0 Å². The van der Waals surface area contributed by atoms with E-state index in [9.17, 15) is 9.59 Å². The van der Waals surface area contributed by atoms with Crippen LogP contribution >= 0.6 is 0 Å². The summed E-state index contributed by atoms with van der Waals surface area (Å²) in [5, 5.41) is 0. The Balaban J connectivity index is 2.95. The summed E-state index contributed by atoms with van der Waals surface area (Å²) in [6, 6.07) is 0. The Morgan fingerprint density at radius 2 is 2.55 bits per heavy atom. The van der Waals surface area contributed by atoms with Crippen molar-refractivity contribution in [3.8, 4) is 0 Å². The summed E-state index contributed by atoms with van der Waals surface area (Å²) in [7, 11) is 0. The first kappa shape index (κ1) is 7.26. The van der Waals surface area contributed by atoms with E-state index in [0.29, 0.717) is 6.41 Å². The zero-order valence-corrected chi connectivity index (χ0v) is 5.52. The predicted octanol–water partition coefficient (Wildman–Crippen LogP) is -1.32. The minimum atomic E-state index is -0.690. The van der Waals surface area contributed by atoms with E-state index in [-0.39, 0.29) is 5.82 Å². The molecule has 1 aromatic heterocycles. The second-order valence-corrected chi connectivity index (χ2v) is 1.73. The number of imidazole rings is 1. The highest BCUT2D eigenvalue weighted by Gasteiger charge is 2.06. The molecule has 3 N–H and O–H groups in total. The van der Waals surface area contributed by atoms with Crippen LogP contribution in [0.2, 0.25) is 0 Å². The van der Waals surface area contributed by atoms with Crippen molar-refractivity contribution in [1.82, 2.24) is 9.66 Å². The molecule has 0 fully saturated rings. The third-order valence-corrected chi connectivity index (χ3v) is 1.05. The van der Waals surface area contributed by atoms with Crippen LogP contribution in [-0.2, 0) is 4.79 Å². The Hall–Kier alpha value is -1.85. The average molecular weight is 154 g/mol. The van der Waals surface area contributed by atoms with Gasteiger partial charge in [-0.25, -0.2) is 9.66 Å². The van der Waals surface area contributed by atoms with E-state index in [4.69, 9.17) is 5.73 Å². The Kier molecular flexibility index (Phi) is 1.86. The van der Waals surface area contributed by atoms with Crippen LogP contribution in [0.1, 0.15) is 10.6 Å². The van der Waals surface area contributed by atoms with Crippen LogP contribution in [0, 0.1) is 0 Å². The van der Waals surface area contributed by atoms with Gasteiger partial charge in [-0.3, -0.25) is 15.0 Å². The number of carbonyl (C=O) groups excluding carboxylic acids is 2. The van der Waals surface area contributed by atoms with E-state index in [2.05, 4.69) is 10.4 Å². The molecule has 0 unspecified atom stereocenters. The number of carbonyl (C=O) groups is 2. The highest BCUT2D eigenvalue weighted by molar-refractivity contribution is 5.89. The van der Waals surface area contributed by atoms with Gasteiger partial charge in [0.25, 0.3) is 5.91 Å². The number of nitrogens with zero attached hydrogens (tertiary/aromatic N) is 2. The molecule has 1 heterocycles. The Morgan fingerprint density at radius 3 is 3.09 bits per heavy atom. The molecule has 6 nitrogen and oxygen atoms in total. The van der Waals surface area contributed by atoms with Crippen LogP contribution < -0.4 is 11.2 Å². The number of hydrogen-bond acceptors (Lipinski definition) is 3. The van der Waals surface area contributed by atoms with Gasteiger partial charge in [-0.05, 0) is 0 Å². The largest absolute Gasteiger partial charge is 0.363 e. The Morgan fingerprint density at radius 1 is 1.82 bits per heavy atom. The predicted molar refractivity (Wildman–Crippen MR) is 36.2 cm³/mol. The number of rotatable bonds is 3. The quantitative estimate of drug-likeness (QED) is 0.529. The number of amides is 2. The van der Waals surface area contributed by atoms with E-state index in [0.717, 1.165) is 4.68 Å². The van der Waals surface area contributed by atoms with Gasteiger partial charge in [0.15, 0.2) is 0 Å². The summed E-state index contributed by atoms with van der Waals surface area (Å²) >= 11 is 0. The van der Waals surface area contributed by atoms with Crippen molar-refractivity contribution in [2.24, 2.45) is 5.73 Å². The second-order valence-electron chi connectivity index (χ2n) is 1.73. The van der Waals surface area contributed by atoms with Gasteiger partial charge in [-0.1, -0.05) is 0 Å². The SMILES string of the molecule is NC(=O)c1nccn1NC=O. The molecular formula is C5H6N4O2. The van der Waals surface area contributed by atoms with E-state index < -0.39 is 5.91 Å². The van der Waals surface area contributed by atoms with Gasteiger partial charge in [-0.2, -0.15) is 0 Å². The van der Waals surface area contributed by atoms with E-state index in [1.165, 1.54) is 12.4 Å². The van der Waals surface area contributed by atoms with Gasteiger partial charge in [0.05, 0.1) is 0 Å². The minimum absolute atomic E-state index is 0.00269. The first-order valence-corrected chi connectivity index (χ1v) is 2.79.